The summed E-state index contributed by atoms with van der Waals surface area (Å²) in [6.07, 6.45) is 0. The van der Waals surface area contributed by atoms with Crippen LogP contribution < -0.4 is 10.7 Å². The molecule has 0 unspecified atom stereocenters. The minimum atomic E-state index is 0.0322. The number of hydrogen-bond donors (Lipinski definition) is 1. The molecule has 18 heavy (non-hydrogen) atoms. The Balaban J connectivity index is 2.47. The summed E-state index contributed by atoms with van der Waals surface area (Å²) in [5.41, 5.74) is 2.34. The highest BCUT2D eigenvalue weighted by molar-refractivity contribution is 5.90. The van der Waals surface area contributed by atoms with E-state index in [1.54, 1.807) is 6.07 Å². The summed E-state index contributed by atoms with van der Waals surface area (Å²) < 4.78 is 5.87. The van der Waals surface area contributed by atoms with Crippen molar-refractivity contribution in [1.82, 2.24) is 5.32 Å². The topological polar surface area (TPSA) is 42.2 Å². The molecule has 0 fully saturated rings. The monoisotopic (exact) mass is 239 g/mol. The Morgan fingerprint density at radius 3 is 2.67 bits per heavy atom. The highest BCUT2D eigenvalue weighted by Crippen LogP contribution is 2.21. The van der Waals surface area contributed by atoms with Gasteiger partial charge in [0.2, 0.25) is 5.43 Å². The summed E-state index contributed by atoms with van der Waals surface area (Å²) in [4.78, 5) is 12.4. The first-order valence-electron chi connectivity index (χ1n) is 5.89. The van der Waals surface area contributed by atoms with Gasteiger partial charge in [-0.25, -0.2) is 0 Å². The first-order valence-corrected chi connectivity index (χ1v) is 5.89. The second kappa shape index (κ2) is 4.27. The van der Waals surface area contributed by atoms with E-state index in [4.69, 9.17) is 4.42 Å². The van der Waals surface area contributed by atoms with E-state index >= 15 is 0 Å². The number of rotatable bonds is 2. The molecule has 90 valence electrons. The van der Waals surface area contributed by atoms with Crippen molar-refractivity contribution >= 4 is 21.9 Å². The molecule has 0 aliphatic heterocycles. The van der Waals surface area contributed by atoms with Gasteiger partial charge in [0.25, 0.3) is 0 Å². The maximum Gasteiger partial charge on any atom is 0.200 e. The number of benzene rings is 2. The van der Waals surface area contributed by atoms with Crippen LogP contribution in [0.3, 0.4) is 0 Å². The predicted octanol–water partition coefficient (Wildman–Crippen LogP) is 2.67. The van der Waals surface area contributed by atoms with Crippen molar-refractivity contribution in [1.29, 1.82) is 0 Å². The summed E-state index contributed by atoms with van der Waals surface area (Å²) in [6, 6.07) is 13.0. The van der Waals surface area contributed by atoms with Crippen LogP contribution in [-0.4, -0.2) is 7.05 Å². The summed E-state index contributed by atoms with van der Waals surface area (Å²) in [5, 5.41) is 4.35. The van der Waals surface area contributed by atoms with E-state index in [9.17, 15) is 4.79 Å². The maximum atomic E-state index is 12.4. The third kappa shape index (κ3) is 1.60. The van der Waals surface area contributed by atoms with Crippen LogP contribution in [0.1, 0.15) is 5.56 Å². The van der Waals surface area contributed by atoms with Crippen LogP contribution >= 0.6 is 0 Å². The van der Waals surface area contributed by atoms with E-state index in [0.29, 0.717) is 28.5 Å². The second-order valence-electron chi connectivity index (χ2n) is 4.25. The van der Waals surface area contributed by atoms with E-state index in [2.05, 4.69) is 5.32 Å². The van der Waals surface area contributed by atoms with Crippen LogP contribution in [0.2, 0.25) is 0 Å². The molecule has 0 amide bonds. The number of nitrogens with one attached hydrogen (secondary N) is 1. The molecule has 3 rings (SSSR count). The van der Waals surface area contributed by atoms with E-state index in [1.807, 2.05) is 43.4 Å². The highest BCUT2D eigenvalue weighted by atomic mass is 16.3. The van der Waals surface area contributed by atoms with Gasteiger partial charge in [0.15, 0.2) is 0 Å². The molecular formula is C15H13NO2. The third-order valence-corrected chi connectivity index (χ3v) is 3.05. The van der Waals surface area contributed by atoms with Gasteiger partial charge in [-0.15, -0.1) is 0 Å². The molecule has 0 atom stereocenters. The predicted molar refractivity (Wildman–Crippen MR) is 72.8 cm³/mol. The van der Waals surface area contributed by atoms with Crippen LogP contribution in [0.15, 0.2) is 51.7 Å². The highest BCUT2D eigenvalue weighted by Gasteiger charge is 2.09. The zero-order valence-corrected chi connectivity index (χ0v) is 10.1. The first-order chi connectivity index (χ1) is 8.81. The van der Waals surface area contributed by atoms with Crippen LogP contribution in [0.5, 0.6) is 0 Å². The fraction of sp³-hybridized carbons (Fsp3) is 0.133. The molecule has 0 aliphatic rings. The lowest BCUT2D eigenvalue weighted by Gasteiger charge is -2.06. The minimum Gasteiger partial charge on any atom is -0.455 e. The van der Waals surface area contributed by atoms with Crippen molar-refractivity contribution in [2.24, 2.45) is 0 Å². The van der Waals surface area contributed by atoms with Crippen molar-refractivity contribution in [3.05, 3.63) is 58.3 Å². The molecule has 3 nitrogen and oxygen atoms in total. The van der Waals surface area contributed by atoms with Crippen molar-refractivity contribution in [2.45, 2.75) is 6.54 Å². The molecule has 0 bridgehead atoms. The van der Waals surface area contributed by atoms with E-state index < -0.39 is 0 Å². The Labute approximate surface area is 104 Å². The molecule has 0 saturated carbocycles. The Hall–Kier alpha value is -2.13. The molecule has 0 spiro atoms. The molecule has 2 aromatic carbocycles. The Morgan fingerprint density at radius 1 is 1.06 bits per heavy atom. The molecule has 3 aromatic rings. The maximum absolute atomic E-state index is 12.4. The van der Waals surface area contributed by atoms with Crippen LogP contribution in [0.4, 0.5) is 0 Å². The zero-order valence-electron chi connectivity index (χ0n) is 10.1. The van der Waals surface area contributed by atoms with Gasteiger partial charge in [-0.2, -0.15) is 0 Å². The molecule has 1 aromatic heterocycles. The Kier molecular flexibility index (Phi) is 2.61. The average molecular weight is 239 g/mol. The third-order valence-electron chi connectivity index (χ3n) is 3.05. The lowest BCUT2D eigenvalue weighted by Crippen LogP contribution is -2.08. The van der Waals surface area contributed by atoms with Gasteiger partial charge in [-0.3, -0.25) is 4.79 Å². The molecule has 3 heteroatoms. The smallest absolute Gasteiger partial charge is 0.200 e. The number of fused-ring (bicyclic) bond motifs is 2. The van der Waals surface area contributed by atoms with Crippen molar-refractivity contribution in [2.75, 3.05) is 7.05 Å². The Bertz CT molecular complexity index is 774. The summed E-state index contributed by atoms with van der Waals surface area (Å²) in [7, 11) is 1.87. The van der Waals surface area contributed by atoms with Gasteiger partial charge in [0.05, 0.1) is 10.8 Å². The lowest BCUT2D eigenvalue weighted by molar-refractivity contribution is 0.649. The Morgan fingerprint density at radius 2 is 1.83 bits per heavy atom. The standard InChI is InChI=1S/C15H13NO2/c1-16-9-10-5-4-7-12-14(17)11-6-2-3-8-13(11)18-15(10)12/h2-8,16H,9H2,1H3. The van der Waals surface area contributed by atoms with Crippen LogP contribution in [0.25, 0.3) is 21.9 Å². The summed E-state index contributed by atoms with van der Waals surface area (Å²) in [6.45, 7) is 0.679. The van der Waals surface area contributed by atoms with Crippen LogP contribution in [0, 0.1) is 0 Å². The van der Waals surface area contributed by atoms with Gasteiger partial charge in [0.1, 0.15) is 11.2 Å². The number of para-hydroxylation sites is 2. The van der Waals surface area contributed by atoms with E-state index in [-0.39, 0.29) is 5.43 Å². The minimum absolute atomic E-state index is 0.0322. The van der Waals surface area contributed by atoms with Gasteiger partial charge in [-0.05, 0) is 25.2 Å². The van der Waals surface area contributed by atoms with E-state index in [1.165, 1.54) is 0 Å². The molecule has 1 N–H and O–H groups in total. The average Bonchev–Trinajstić information content (AvgIpc) is 2.40. The summed E-state index contributed by atoms with van der Waals surface area (Å²) >= 11 is 0. The van der Waals surface area contributed by atoms with E-state index in [0.717, 1.165) is 5.56 Å². The van der Waals surface area contributed by atoms with Gasteiger partial charge >= 0.3 is 0 Å². The molecular weight excluding hydrogens is 226 g/mol. The first kappa shape index (κ1) is 11.0. The SMILES string of the molecule is CNCc1cccc2c(=O)c3ccccc3oc12. The normalized spacial score (nSPS) is 11.2. The van der Waals surface area contributed by atoms with Crippen LogP contribution in [-0.2, 0) is 6.54 Å². The summed E-state index contributed by atoms with van der Waals surface area (Å²) in [5.74, 6) is 0. The molecule has 0 aliphatic carbocycles. The lowest BCUT2D eigenvalue weighted by atomic mass is 10.1. The van der Waals surface area contributed by atoms with Crippen molar-refractivity contribution in [3.8, 4) is 0 Å². The zero-order chi connectivity index (χ0) is 12.5. The van der Waals surface area contributed by atoms with Crippen molar-refractivity contribution in [3.63, 3.8) is 0 Å². The second-order valence-corrected chi connectivity index (χ2v) is 4.25. The quantitative estimate of drug-likeness (QED) is 0.699. The van der Waals surface area contributed by atoms with Crippen molar-refractivity contribution < 1.29 is 4.42 Å². The molecule has 0 saturated heterocycles. The fourth-order valence-electron chi connectivity index (χ4n) is 2.21. The van der Waals surface area contributed by atoms with Gasteiger partial charge in [0, 0.05) is 12.1 Å². The molecule has 1 heterocycles. The van der Waals surface area contributed by atoms with Gasteiger partial charge in [-0.1, -0.05) is 24.3 Å². The fourth-order valence-corrected chi connectivity index (χ4v) is 2.21. The number of hydrogen-bond acceptors (Lipinski definition) is 3. The largest absolute Gasteiger partial charge is 0.455 e. The van der Waals surface area contributed by atoms with Gasteiger partial charge < -0.3 is 9.73 Å². The molecule has 0 radical (unpaired) electrons.